The van der Waals surface area contributed by atoms with Crippen LogP contribution in [0.4, 0.5) is 9.39 Å². The minimum Gasteiger partial charge on any atom is -0.497 e. The van der Waals surface area contributed by atoms with Crippen LogP contribution in [0, 0.1) is 5.82 Å². The predicted octanol–water partition coefficient (Wildman–Crippen LogP) is 3.41. The van der Waals surface area contributed by atoms with E-state index in [-0.39, 0.29) is 16.6 Å². The predicted molar refractivity (Wildman–Crippen MR) is 106 cm³/mol. The Labute approximate surface area is 162 Å². The van der Waals surface area contributed by atoms with E-state index in [9.17, 15) is 14.0 Å². The number of ether oxygens (including phenoxy) is 1. The Morgan fingerprint density at radius 1 is 1.14 bits per heavy atom. The first kappa shape index (κ1) is 17.9. The molecule has 0 fully saturated rings. The summed E-state index contributed by atoms with van der Waals surface area (Å²) in [6.07, 6.45) is 0. The summed E-state index contributed by atoms with van der Waals surface area (Å²) in [5, 5.41) is 6.86. The summed E-state index contributed by atoms with van der Waals surface area (Å²) < 4.78 is 19.5. The minimum atomic E-state index is -0.447. The molecule has 0 aliphatic heterocycles. The third-order valence-electron chi connectivity index (χ3n) is 4.32. The smallest absolute Gasteiger partial charge is 0.282 e. The van der Waals surface area contributed by atoms with Crippen LogP contribution in [0.1, 0.15) is 16.1 Å². The highest BCUT2D eigenvalue weighted by Gasteiger charge is 2.21. The number of aromatic nitrogens is 2. The van der Waals surface area contributed by atoms with Crippen molar-refractivity contribution in [3.05, 3.63) is 81.3 Å². The molecule has 0 saturated heterocycles. The highest BCUT2D eigenvalue weighted by atomic mass is 32.1. The maximum Gasteiger partial charge on any atom is 0.282 e. The Balaban J connectivity index is 1.95. The fraction of sp³-hybridized carbons (Fsp3) is 0.0500. The molecule has 8 heteroatoms. The van der Waals surface area contributed by atoms with E-state index in [0.29, 0.717) is 21.8 Å². The first-order valence-corrected chi connectivity index (χ1v) is 9.12. The zero-order valence-electron chi connectivity index (χ0n) is 14.7. The number of fused-ring (bicyclic) bond motifs is 1. The lowest BCUT2D eigenvalue weighted by molar-refractivity contribution is 0.103. The second-order valence-corrected chi connectivity index (χ2v) is 6.90. The summed E-state index contributed by atoms with van der Waals surface area (Å²) in [7, 11) is 1.54. The van der Waals surface area contributed by atoms with Crippen LogP contribution in [0.5, 0.6) is 5.75 Å². The SMILES string of the molecule is COc1ccc(-n2nc(C(=O)c3ccc(F)cc3)c3csc(N)c3c2=O)cc1. The lowest BCUT2D eigenvalue weighted by Crippen LogP contribution is -2.24. The highest BCUT2D eigenvalue weighted by molar-refractivity contribution is 7.15. The monoisotopic (exact) mass is 395 g/mol. The number of hydrogen-bond acceptors (Lipinski definition) is 6. The average Bonchev–Trinajstić information content (AvgIpc) is 3.11. The molecule has 6 nitrogen and oxygen atoms in total. The summed E-state index contributed by atoms with van der Waals surface area (Å²) in [6.45, 7) is 0. The maximum atomic E-state index is 13.2. The lowest BCUT2D eigenvalue weighted by atomic mass is 10.1. The molecule has 0 saturated carbocycles. The van der Waals surface area contributed by atoms with E-state index >= 15 is 0 Å². The number of ketones is 1. The fourth-order valence-corrected chi connectivity index (χ4v) is 3.67. The molecule has 0 aliphatic rings. The quantitative estimate of drug-likeness (QED) is 0.535. The molecular weight excluding hydrogens is 381 g/mol. The van der Waals surface area contributed by atoms with E-state index in [0.717, 1.165) is 16.0 Å². The van der Waals surface area contributed by atoms with Gasteiger partial charge in [0.25, 0.3) is 5.56 Å². The van der Waals surface area contributed by atoms with Crippen molar-refractivity contribution in [1.29, 1.82) is 0 Å². The molecule has 0 atom stereocenters. The molecule has 0 bridgehead atoms. The number of nitrogens with two attached hydrogens (primary N) is 1. The van der Waals surface area contributed by atoms with E-state index in [4.69, 9.17) is 10.5 Å². The Bertz CT molecular complexity index is 1240. The van der Waals surface area contributed by atoms with Crippen LogP contribution < -0.4 is 16.0 Å². The number of halogens is 1. The van der Waals surface area contributed by atoms with E-state index in [1.54, 1.807) is 29.6 Å². The van der Waals surface area contributed by atoms with Gasteiger partial charge in [0.1, 0.15) is 17.3 Å². The molecule has 140 valence electrons. The van der Waals surface area contributed by atoms with Gasteiger partial charge in [0.15, 0.2) is 0 Å². The van der Waals surface area contributed by atoms with Crippen LogP contribution in [-0.2, 0) is 0 Å². The van der Waals surface area contributed by atoms with Crippen molar-refractivity contribution in [2.75, 3.05) is 12.8 Å². The number of nitrogen functional groups attached to an aromatic ring is 1. The van der Waals surface area contributed by atoms with Gasteiger partial charge in [0, 0.05) is 16.3 Å². The molecule has 4 aromatic rings. The van der Waals surface area contributed by atoms with Gasteiger partial charge < -0.3 is 10.5 Å². The van der Waals surface area contributed by atoms with Crippen LogP contribution in [-0.4, -0.2) is 22.7 Å². The first-order valence-electron chi connectivity index (χ1n) is 8.24. The van der Waals surface area contributed by atoms with Gasteiger partial charge in [0.2, 0.25) is 5.78 Å². The second-order valence-electron chi connectivity index (χ2n) is 5.99. The molecule has 2 aromatic carbocycles. The third-order valence-corrected chi connectivity index (χ3v) is 5.13. The molecule has 28 heavy (non-hydrogen) atoms. The van der Waals surface area contributed by atoms with Gasteiger partial charge in [-0.2, -0.15) is 9.78 Å². The Morgan fingerprint density at radius 3 is 2.46 bits per heavy atom. The van der Waals surface area contributed by atoms with Crippen molar-refractivity contribution in [3.63, 3.8) is 0 Å². The molecule has 2 heterocycles. The van der Waals surface area contributed by atoms with Gasteiger partial charge >= 0.3 is 0 Å². The van der Waals surface area contributed by atoms with Crippen LogP contribution in [0.3, 0.4) is 0 Å². The molecule has 0 spiro atoms. The van der Waals surface area contributed by atoms with Gasteiger partial charge in [0.05, 0.1) is 23.2 Å². The fourth-order valence-electron chi connectivity index (χ4n) is 2.88. The van der Waals surface area contributed by atoms with E-state index in [1.807, 2.05) is 0 Å². The summed E-state index contributed by atoms with van der Waals surface area (Å²) in [5.41, 5.74) is 6.37. The molecule has 0 aliphatic carbocycles. The zero-order chi connectivity index (χ0) is 19.8. The summed E-state index contributed by atoms with van der Waals surface area (Å²) in [4.78, 5) is 26.0. The third kappa shape index (κ3) is 2.93. The molecule has 0 amide bonds. The molecule has 2 N–H and O–H groups in total. The Morgan fingerprint density at radius 2 is 1.82 bits per heavy atom. The van der Waals surface area contributed by atoms with Gasteiger partial charge in [-0.3, -0.25) is 9.59 Å². The summed E-state index contributed by atoms with van der Waals surface area (Å²) >= 11 is 1.16. The number of thiophene rings is 1. The number of hydrogen-bond donors (Lipinski definition) is 1. The maximum absolute atomic E-state index is 13.2. The summed E-state index contributed by atoms with van der Waals surface area (Å²) in [5.74, 6) is -0.252. The average molecular weight is 395 g/mol. The Kier molecular flexibility index (Phi) is 4.40. The van der Waals surface area contributed by atoms with Crippen molar-refractivity contribution in [2.24, 2.45) is 0 Å². The number of nitrogens with zero attached hydrogens (tertiary/aromatic N) is 2. The van der Waals surface area contributed by atoms with Crippen LogP contribution in [0.25, 0.3) is 16.5 Å². The highest BCUT2D eigenvalue weighted by Crippen LogP contribution is 2.28. The second kappa shape index (κ2) is 6.90. The van der Waals surface area contributed by atoms with Crippen molar-refractivity contribution >= 4 is 32.9 Å². The number of carbonyl (C=O) groups is 1. The molecule has 4 rings (SSSR count). The van der Waals surface area contributed by atoms with Gasteiger partial charge in [-0.1, -0.05) is 0 Å². The van der Waals surface area contributed by atoms with Gasteiger partial charge in [-0.05, 0) is 48.5 Å². The number of rotatable bonds is 4. The topological polar surface area (TPSA) is 87.2 Å². The zero-order valence-corrected chi connectivity index (χ0v) is 15.5. The van der Waals surface area contributed by atoms with E-state index in [2.05, 4.69) is 5.10 Å². The first-order chi connectivity index (χ1) is 13.5. The number of carbonyl (C=O) groups excluding carboxylic acids is 1. The van der Waals surface area contributed by atoms with Crippen molar-refractivity contribution < 1.29 is 13.9 Å². The van der Waals surface area contributed by atoms with E-state index < -0.39 is 17.2 Å². The van der Waals surface area contributed by atoms with Crippen molar-refractivity contribution in [1.82, 2.24) is 9.78 Å². The normalized spacial score (nSPS) is 10.9. The number of benzene rings is 2. The minimum absolute atomic E-state index is 0.0741. The van der Waals surface area contributed by atoms with Gasteiger partial charge in [-0.15, -0.1) is 11.3 Å². The van der Waals surface area contributed by atoms with Crippen LogP contribution in [0.2, 0.25) is 0 Å². The number of methoxy groups -OCH3 is 1. The molecule has 0 unspecified atom stereocenters. The molecule has 2 aromatic heterocycles. The summed E-state index contributed by atoms with van der Waals surface area (Å²) in [6, 6.07) is 11.9. The van der Waals surface area contributed by atoms with Gasteiger partial charge in [-0.25, -0.2) is 4.39 Å². The Hall–Kier alpha value is -3.52. The molecular formula is C20H14FN3O3S. The van der Waals surface area contributed by atoms with Crippen LogP contribution in [0.15, 0.2) is 58.7 Å². The van der Waals surface area contributed by atoms with Crippen molar-refractivity contribution in [2.45, 2.75) is 0 Å². The largest absolute Gasteiger partial charge is 0.497 e. The standard InChI is InChI=1S/C20H14FN3O3S/c1-27-14-8-6-13(7-9-14)24-20(26)16-15(10-28-19(16)22)17(23-24)18(25)11-2-4-12(21)5-3-11/h2-10H,22H2,1H3. The van der Waals surface area contributed by atoms with Crippen molar-refractivity contribution in [3.8, 4) is 11.4 Å². The molecule has 0 radical (unpaired) electrons. The van der Waals surface area contributed by atoms with E-state index in [1.165, 1.54) is 31.4 Å². The lowest BCUT2D eigenvalue weighted by Gasteiger charge is -2.10. The van der Waals surface area contributed by atoms with Crippen LogP contribution >= 0.6 is 11.3 Å². The number of anilines is 1.